The first-order valence-electron chi connectivity index (χ1n) is 6.52. The van der Waals surface area contributed by atoms with Crippen LogP contribution in [0.25, 0.3) is 0 Å². The molecular formula is C16H14ClNO4. The third-order valence-corrected chi connectivity index (χ3v) is 3.12. The van der Waals surface area contributed by atoms with Crippen LogP contribution in [0.2, 0.25) is 5.02 Å². The van der Waals surface area contributed by atoms with Crippen molar-refractivity contribution in [3.05, 3.63) is 65.2 Å². The fraction of sp³-hybridized carbons (Fsp3) is 0.125. The SMILES string of the molecule is O=C(COc1ccc(Cl)cc1)NC(C(=O)O)c1ccccc1. The Morgan fingerprint density at radius 1 is 1.09 bits per heavy atom. The van der Waals surface area contributed by atoms with Crippen molar-refractivity contribution >= 4 is 23.5 Å². The molecule has 0 bridgehead atoms. The van der Waals surface area contributed by atoms with Crippen molar-refractivity contribution in [3.63, 3.8) is 0 Å². The van der Waals surface area contributed by atoms with E-state index in [9.17, 15) is 14.7 Å². The average Bonchev–Trinajstić information content (AvgIpc) is 2.52. The second kappa shape index (κ2) is 7.47. The minimum atomic E-state index is -1.13. The summed E-state index contributed by atoms with van der Waals surface area (Å²) in [6.07, 6.45) is 0. The van der Waals surface area contributed by atoms with Crippen LogP contribution in [0.5, 0.6) is 5.75 Å². The number of amides is 1. The summed E-state index contributed by atoms with van der Waals surface area (Å²) in [5.41, 5.74) is 0.495. The van der Waals surface area contributed by atoms with Crippen molar-refractivity contribution in [2.75, 3.05) is 6.61 Å². The molecule has 0 radical (unpaired) electrons. The normalized spacial score (nSPS) is 11.5. The topological polar surface area (TPSA) is 75.6 Å². The van der Waals surface area contributed by atoms with E-state index in [-0.39, 0.29) is 6.61 Å². The lowest BCUT2D eigenvalue weighted by molar-refractivity contribution is -0.142. The predicted molar refractivity (Wildman–Crippen MR) is 81.9 cm³/mol. The zero-order chi connectivity index (χ0) is 15.9. The van der Waals surface area contributed by atoms with Gasteiger partial charge < -0.3 is 15.2 Å². The summed E-state index contributed by atoms with van der Waals surface area (Å²) in [6.45, 7) is -0.280. The first-order chi connectivity index (χ1) is 10.6. The number of carboxylic acid groups (broad SMARTS) is 1. The quantitative estimate of drug-likeness (QED) is 0.858. The van der Waals surface area contributed by atoms with Crippen molar-refractivity contribution in [1.29, 1.82) is 0 Å². The zero-order valence-corrected chi connectivity index (χ0v) is 12.3. The number of benzene rings is 2. The molecule has 0 aliphatic heterocycles. The molecule has 0 saturated carbocycles. The van der Waals surface area contributed by atoms with Gasteiger partial charge in [0.05, 0.1) is 0 Å². The van der Waals surface area contributed by atoms with E-state index >= 15 is 0 Å². The summed E-state index contributed by atoms with van der Waals surface area (Å²) < 4.78 is 5.28. The third kappa shape index (κ3) is 4.49. The first kappa shape index (κ1) is 15.9. The van der Waals surface area contributed by atoms with E-state index in [2.05, 4.69) is 5.32 Å². The molecule has 2 aromatic rings. The van der Waals surface area contributed by atoms with Gasteiger partial charge in [-0.1, -0.05) is 41.9 Å². The molecule has 22 heavy (non-hydrogen) atoms. The number of aliphatic carboxylic acids is 1. The van der Waals surface area contributed by atoms with Crippen LogP contribution in [-0.2, 0) is 9.59 Å². The molecule has 0 aliphatic carbocycles. The van der Waals surface area contributed by atoms with Crippen LogP contribution in [0.3, 0.4) is 0 Å². The van der Waals surface area contributed by atoms with Gasteiger partial charge in [0.15, 0.2) is 12.6 Å². The molecule has 0 fully saturated rings. The minimum absolute atomic E-state index is 0.280. The standard InChI is InChI=1S/C16H14ClNO4/c17-12-6-8-13(9-7-12)22-10-14(19)18-15(16(20)21)11-4-2-1-3-5-11/h1-9,15H,10H2,(H,18,19)(H,20,21). The van der Waals surface area contributed by atoms with Crippen molar-refractivity contribution in [1.82, 2.24) is 5.32 Å². The van der Waals surface area contributed by atoms with Crippen molar-refractivity contribution in [2.24, 2.45) is 0 Å². The highest BCUT2D eigenvalue weighted by molar-refractivity contribution is 6.30. The Balaban J connectivity index is 1.94. The number of carboxylic acids is 1. The number of halogens is 1. The van der Waals surface area contributed by atoms with Gasteiger partial charge in [-0.25, -0.2) is 4.79 Å². The lowest BCUT2D eigenvalue weighted by Gasteiger charge is -2.15. The van der Waals surface area contributed by atoms with Crippen molar-refractivity contribution in [2.45, 2.75) is 6.04 Å². The average molecular weight is 320 g/mol. The van der Waals surface area contributed by atoms with E-state index < -0.39 is 17.9 Å². The highest BCUT2D eigenvalue weighted by Gasteiger charge is 2.21. The van der Waals surface area contributed by atoms with Gasteiger partial charge in [-0.05, 0) is 29.8 Å². The van der Waals surface area contributed by atoms with Crippen LogP contribution in [0.1, 0.15) is 11.6 Å². The Bertz CT molecular complexity index is 643. The number of hydrogen-bond acceptors (Lipinski definition) is 3. The molecule has 0 aliphatic rings. The second-order valence-corrected chi connectivity index (χ2v) is 4.93. The molecule has 1 unspecified atom stereocenters. The van der Waals surface area contributed by atoms with E-state index in [0.717, 1.165) is 0 Å². The van der Waals surface area contributed by atoms with Gasteiger partial charge in [-0.15, -0.1) is 0 Å². The molecule has 1 atom stereocenters. The molecule has 0 aromatic heterocycles. The van der Waals surface area contributed by atoms with Gasteiger partial charge in [0.25, 0.3) is 5.91 Å². The second-order valence-electron chi connectivity index (χ2n) is 4.49. The number of rotatable bonds is 6. The van der Waals surface area contributed by atoms with Crippen LogP contribution >= 0.6 is 11.6 Å². The summed E-state index contributed by atoms with van der Waals surface area (Å²) in [5.74, 6) is -1.18. The van der Waals surface area contributed by atoms with E-state index in [4.69, 9.17) is 16.3 Å². The maximum absolute atomic E-state index is 11.8. The van der Waals surface area contributed by atoms with Gasteiger partial charge in [-0.2, -0.15) is 0 Å². The molecule has 1 amide bonds. The van der Waals surface area contributed by atoms with Gasteiger partial charge >= 0.3 is 5.97 Å². The molecule has 0 heterocycles. The highest BCUT2D eigenvalue weighted by Crippen LogP contribution is 2.16. The third-order valence-electron chi connectivity index (χ3n) is 2.87. The summed E-state index contributed by atoms with van der Waals surface area (Å²) >= 11 is 5.75. The lowest BCUT2D eigenvalue weighted by Crippen LogP contribution is -2.36. The molecule has 0 spiro atoms. The molecule has 114 valence electrons. The van der Waals surface area contributed by atoms with Gasteiger partial charge in [-0.3, -0.25) is 4.79 Å². The van der Waals surface area contributed by atoms with Crippen LogP contribution in [-0.4, -0.2) is 23.6 Å². The lowest BCUT2D eigenvalue weighted by atomic mass is 10.1. The maximum atomic E-state index is 11.8. The van der Waals surface area contributed by atoms with Crippen molar-refractivity contribution in [3.8, 4) is 5.75 Å². The van der Waals surface area contributed by atoms with E-state index in [0.29, 0.717) is 16.3 Å². The zero-order valence-electron chi connectivity index (χ0n) is 11.5. The summed E-state index contributed by atoms with van der Waals surface area (Å²) in [5, 5.41) is 12.2. The van der Waals surface area contributed by atoms with Gasteiger partial charge in [0, 0.05) is 5.02 Å². The molecule has 2 N–H and O–H groups in total. The maximum Gasteiger partial charge on any atom is 0.330 e. The molecule has 5 nitrogen and oxygen atoms in total. The van der Waals surface area contributed by atoms with Crippen LogP contribution in [0.4, 0.5) is 0 Å². The first-order valence-corrected chi connectivity index (χ1v) is 6.89. The molecule has 2 rings (SSSR count). The monoisotopic (exact) mass is 319 g/mol. The number of carbonyl (C=O) groups excluding carboxylic acids is 1. The molecular weight excluding hydrogens is 306 g/mol. The van der Waals surface area contributed by atoms with Crippen molar-refractivity contribution < 1.29 is 19.4 Å². The smallest absolute Gasteiger partial charge is 0.330 e. The fourth-order valence-corrected chi connectivity index (χ4v) is 1.94. The number of ether oxygens (including phenoxy) is 1. The summed E-state index contributed by atoms with van der Waals surface area (Å²) in [7, 11) is 0. The Kier molecular flexibility index (Phi) is 5.38. The Morgan fingerprint density at radius 3 is 2.32 bits per heavy atom. The minimum Gasteiger partial charge on any atom is -0.484 e. The molecule has 2 aromatic carbocycles. The van der Waals surface area contributed by atoms with Crippen LogP contribution in [0.15, 0.2) is 54.6 Å². The van der Waals surface area contributed by atoms with Crippen LogP contribution in [0, 0.1) is 0 Å². The van der Waals surface area contributed by atoms with E-state index in [1.54, 1.807) is 54.6 Å². The predicted octanol–water partition coefficient (Wildman–Crippen LogP) is 2.66. The largest absolute Gasteiger partial charge is 0.484 e. The highest BCUT2D eigenvalue weighted by atomic mass is 35.5. The Hall–Kier alpha value is -2.53. The number of nitrogens with one attached hydrogen (secondary N) is 1. The van der Waals surface area contributed by atoms with Crippen LogP contribution < -0.4 is 10.1 Å². The van der Waals surface area contributed by atoms with E-state index in [1.165, 1.54) is 0 Å². The van der Waals surface area contributed by atoms with Gasteiger partial charge in [0.2, 0.25) is 0 Å². The van der Waals surface area contributed by atoms with E-state index in [1.807, 2.05) is 0 Å². The number of carbonyl (C=O) groups is 2. The fourth-order valence-electron chi connectivity index (χ4n) is 1.82. The Labute approximate surface area is 132 Å². The Morgan fingerprint density at radius 2 is 1.73 bits per heavy atom. The number of hydrogen-bond donors (Lipinski definition) is 2. The molecule has 0 saturated heterocycles. The summed E-state index contributed by atoms with van der Waals surface area (Å²) in [4.78, 5) is 23.1. The molecule has 6 heteroatoms. The summed E-state index contributed by atoms with van der Waals surface area (Å²) in [6, 6.07) is 13.9. The van der Waals surface area contributed by atoms with Gasteiger partial charge in [0.1, 0.15) is 5.75 Å².